The summed E-state index contributed by atoms with van der Waals surface area (Å²) in [7, 11) is 0. The normalized spacial score (nSPS) is 18.9. The minimum atomic E-state index is -0.188. The van der Waals surface area contributed by atoms with Crippen LogP contribution in [0.2, 0.25) is 0 Å². The molecule has 0 fully saturated rings. The van der Waals surface area contributed by atoms with Crippen molar-refractivity contribution in [1.29, 1.82) is 0 Å². The molecule has 0 saturated heterocycles. The zero-order valence-electron chi connectivity index (χ0n) is 23.2. The second kappa shape index (κ2) is 9.15. The Morgan fingerprint density at radius 1 is 0.561 bits per heavy atom. The van der Waals surface area contributed by atoms with E-state index in [9.17, 15) is 0 Å². The Kier molecular flexibility index (Phi) is 5.38. The van der Waals surface area contributed by atoms with Gasteiger partial charge in [-0.2, -0.15) is 0 Å². The Bertz CT molecular complexity index is 1960. The molecule has 41 heavy (non-hydrogen) atoms. The Balaban J connectivity index is 1.28. The monoisotopic (exact) mass is 529 g/mol. The average Bonchev–Trinajstić information content (AvgIpc) is 3.27. The van der Waals surface area contributed by atoms with Crippen molar-refractivity contribution in [2.75, 3.05) is 0 Å². The summed E-state index contributed by atoms with van der Waals surface area (Å²) in [5.41, 5.74) is 8.65. The van der Waals surface area contributed by atoms with Crippen LogP contribution < -0.4 is 10.6 Å². The van der Waals surface area contributed by atoms with Gasteiger partial charge in [0, 0.05) is 11.0 Å². The number of nitrogens with one attached hydrogen (secondary N) is 2. The maximum atomic E-state index is 5.24. The van der Waals surface area contributed by atoms with Crippen LogP contribution in [0.1, 0.15) is 54.0 Å². The van der Waals surface area contributed by atoms with Crippen LogP contribution >= 0.6 is 0 Å². The second-order valence-electron chi connectivity index (χ2n) is 11.7. The van der Waals surface area contributed by atoms with Crippen LogP contribution in [-0.2, 0) is 5.41 Å². The lowest BCUT2D eigenvalue weighted by Gasteiger charge is -2.33. The third-order valence-electron chi connectivity index (χ3n) is 8.87. The van der Waals surface area contributed by atoms with E-state index in [4.69, 9.17) is 4.99 Å². The van der Waals surface area contributed by atoms with E-state index in [2.05, 4.69) is 146 Å². The molecule has 1 aliphatic heterocycles. The highest BCUT2D eigenvalue weighted by molar-refractivity contribution is 6.16. The van der Waals surface area contributed by atoms with Gasteiger partial charge in [0.2, 0.25) is 0 Å². The average molecular weight is 530 g/mol. The summed E-state index contributed by atoms with van der Waals surface area (Å²) in [6.45, 7) is 4.74. The van der Waals surface area contributed by atoms with Gasteiger partial charge in [0.1, 0.15) is 18.2 Å². The molecule has 0 amide bonds. The van der Waals surface area contributed by atoms with E-state index in [0.29, 0.717) is 0 Å². The molecular weight excluding hydrogens is 498 g/mol. The molecule has 0 aromatic heterocycles. The highest BCUT2D eigenvalue weighted by atomic mass is 15.3. The number of nitrogens with zero attached hydrogens (tertiary/aromatic N) is 1. The minimum Gasteiger partial charge on any atom is -0.350 e. The van der Waals surface area contributed by atoms with Crippen molar-refractivity contribution in [1.82, 2.24) is 10.6 Å². The van der Waals surface area contributed by atoms with E-state index in [0.717, 1.165) is 11.4 Å². The lowest BCUT2D eigenvalue weighted by Crippen LogP contribution is -2.45. The number of hydrogen-bond donors (Lipinski definition) is 2. The van der Waals surface area contributed by atoms with Crippen molar-refractivity contribution in [2.45, 2.75) is 31.6 Å². The molecule has 2 N–H and O–H groups in total. The standard InChI is InChI=1S/C38H31N3/c1-38(2)31-22-29(24-12-6-3-7-13-24)20-27-18-19-28-21-30(23-32(38)34(28)33(27)31)37-40-35(25-14-8-4-9-15-25)39-36(41-37)26-16-10-5-11-17-26/h3-23,35,37,40H,1-2H3,(H,39,41). The van der Waals surface area contributed by atoms with Crippen LogP contribution in [0.3, 0.4) is 0 Å². The Labute approximate surface area is 240 Å². The second-order valence-corrected chi connectivity index (χ2v) is 11.7. The van der Waals surface area contributed by atoms with Crippen LogP contribution in [0, 0.1) is 0 Å². The summed E-state index contributed by atoms with van der Waals surface area (Å²) >= 11 is 0. The fraction of sp³-hybridized carbons (Fsp3) is 0.132. The number of rotatable bonds is 4. The van der Waals surface area contributed by atoms with Gasteiger partial charge in [0.25, 0.3) is 0 Å². The quantitative estimate of drug-likeness (QED) is 0.224. The highest BCUT2D eigenvalue weighted by Crippen LogP contribution is 2.51. The van der Waals surface area contributed by atoms with Gasteiger partial charge in [-0.05, 0) is 73.1 Å². The van der Waals surface area contributed by atoms with Crippen molar-refractivity contribution >= 4 is 27.4 Å². The van der Waals surface area contributed by atoms with Gasteiger partial charge >= 0.3 is 0 Å². The molecule has 3 heteroatoms. The van der Waals surface area contributed by atoms with Gasteiger partial charge in [-0.1, -0.05) is 123 Å². The first kappa shape index (κ1) is 24.1. The van der Waals surface area contributed by atoms with Crippen LogP contribution in [0.15, 0.2) is 132 Å². The molecule has 198 valence electrons. The van der Waals surface area contributed by atoms with E-state index >= 15 is 0 Å². The number of amidine groups is 1. The highest BCUT2D eigenvalue weighted by Gasteiger charge is 2.36. The zero-order chi connectivity index (χ0) is 27.6. The predicted molar refractivity (Wildman–Crippen MR) is 170 cm³/mol. The van der Waals surface area contributed by atoms with Crippen LogP contribution in [0.25, 0.3) is 32.7 Å². The molecule has 0 spiro atoms. The summed E-state index contributed by atoms with van der Waals surface area (Å²) in [4.78, 5) is 5.24. The van der Waals surface area contributed by atoms with E-state index in [1.165, 1.54) is 54.9 Å². The lowest BCUT2D eigenvalue weighted by atomic mass is 9.80. The number of aliphatic imine (C=N–C) groups is 1. The third-order valence-corrected chi connectivity index (χ3v) is 8.87. The Morgan fingerprint density at radius 3 is 1.83 bits per heavy atom. The first-order chi connectivity index (χ1) is 20.1. The van der Waals surface area contributed by atoms with Gasteiger partial charge in [-0.25, -0.2) is 4.99 Å². The predicted octanol–water partition coefficient (Wildman–Crippen LogP) is 8.64. The van der Waals surface area contributed by atoms with Crippen LogP contribution in [-0.4, -0.2) is 5.84 Å². The van der Waals surface area contributed by atoms with E-state index in [1.54, 1.807) is 0 Å². The van der Waals surface area contributed by atoms with Gasteiger partial charge < -0.3 is 5.32 Å². The van der Waals surface area contributed by atoms with Crippen LogP contribution in [0.4, 0.5) is 0 Å². The third kappa shape index (κ3) is 3.88. The molecule has 1 heterocycles. The molecule has 2 aliphatic rings. The van der Waals surface area contributed by atoms with Crippen molar-refractivity contribution in [3.8, 4) is 11.1 Å². The molecule has 0 saturated carbocycles. The molecule has 6 aromatic rings. The number of hydrogen-bond acceptors (Lipinski definition) is 3. The summed E-state index contributed by atoms with van der Waals surface area (Å²) in [6, 6.07) is 45.8. The smallest absolute Gasteiger partial charge is 0.131 e. The Morgan fingerprint density at radius 2 is 1.15 bits per heavy atom. The maximum Gasteiger partial charge on any atom is 0.131 e. The molecule has 0 bridgehead atoms. The van der Waals surface area contributed by atoms with Gasteiger partial charge in [0.05, 0.1) is 0 Å². The van der Waals surface area contributed by atoms with E-state index < -0.39 is 0 Å². The number of benzene rings is 6. The topological polar surface area (TPSA) is 36.4 Å². The van der Waals surface area contributed by atoms with Crippen molar-refractivity contribution < 1.29 is 0 Å². The molecule has 6 aromatic carbocycles. The van der Waals surface area contributed by atoms with Crippen LogP contribution in [0.5, 0.6) is 0 Å². The SMILES string of the molecule is CC1(C)c2cc(-c3ccccc3)cc3ccc4cc(C5N=C(c6ccccc6)NC(c6ccccc6)N5)cc1c4c23. The first-order valence-electron chi connectivity index (χ1n) is 14.4. The Hall–Kier alpha value is -4.73. The summed E-state index contributed by atoms with van der Waals surface area (Å²) in [5, 5.41) is 12.8. The minimum absolute atomic E-state index is 0.0562. The lowest BCUT2D eigenvalue weighted by molar-refractivity contribution is 0.409. The fourth-order valence-corrected chi connectivity index (χ4v) is 6.73. The molecule has 0 radical (unpaired) electrons. The molecule has 3 nitrogen and oxygen atoms in total. The zero-order valence-corrected chi connectivity index (χ0v) is 23.2. The van der Waals surface area contributed by atoms with E-state index in [-0.39, 0.29) is 17.7 Å². The van der Waals surface area contributed by atoms with Gasteiger partial charge in [-0.15, -0.1) is 0 Å². The van der Waals surface area contributed by atoms with Crippen molar-refractivity contribution in [2.24, 2.45) is 4.99 Å². The van der Waals surface area contributed by atoms with Crippen molar-refractivity contribution in [3.63, 3.8) is 0 Å². The van der Waals surface area contributed by atoms with Gasteiger partial charge in [0.15, 0.2) is 0 Å². The molecule has 2 atom stereocenters. The first-order valence-corrected chi connectivity index (χ1v) is 14.4. The maximum absolute atomic E-state index is 5.24. The van der Waals surface area contributed by atoms with Gasteiger partial charge in [-0.3, -0.25) is 5.32 Å². The summed E-state index contributed by atoms with van der Waals surface area (Å²) in [6.07, 6.45) is -0.244. The van der Waals surface area contributed by atoms with E-state index in [1.807, 2.05) is 6.07 Å². The molecular formula is C38H31N3. The summed E-state index contributed by atoms with van der Waals surface area (Å²) < 4.78 is 0. The molecule has 1 aliphatic carbocycles. The van der Waals surface area contributed by atoms with Crippen molar-refractivity contribution in [3.05, 3.63) is 155 Å². The summed E-state index contributed by atoms with van der Waals surface area (Å²) in [5.74, 6) is 0.908. The fourth-order valence-electron chi connectivity index (χ4n) is 6.73. The molecule has 8 rings (SSSR count). The largest absolute Gasteiger partial charge is 0.350 e. The molecule has 2 unspecified atom stereocenters.